The van der Waals surface area contributed by atoms with E-state index in [1.54, 1.807) is 0 Å². The van der Waals surface area contributed by atoms with Crippen LogP contribution >= 0.6 is 11.6 Å². The highest BCUT2D eigenvalue weighted by Crippen LogP contribution is 2.24. The molecule has 122 valence electrons. The van der Waals surface area contributed by atoms with Crippen molar-refractivity contribution in [1.29, 1.82) is 0 Å². The van der Waals surface area contributed by atoms with Gasteiger partial charge in [0, 0.05) is 5.56 Å². The first kappa shape index (κ1) is 17.2. The number of aromatic nitrogens is 2. The van der Waals surface area contributed by atoms with Crippen molar-refractivity contribution in [3.63, 3.8) is 0 Å². The van der Waals surface area contributed by atoms with E-state index in [9.17, 15) is 9.90 Å². The summed E-state index contributed by atoms with van der Waals surface area (Å²) in [7, 11) is 0. The molecular weight excluding hydrogens is 316 g/mol. The van der Waals surface area contributed by atoms with E-state index in [4.69, 9.17) is 16.3 Å². The summed E-state index contributed by atoms with van der Waals surface area (Å²) in [4.78, 5) is 19.7. The summed E-state index contributed by atoms with van der Waals surface area (Å²) in [6.45, 7) is 4.63. The third-order valence-electron chi connectivity index (χ3n) is 3.37. The summed E-state index contributed by atoms with van der Waals surface area (Å²) in [6, 6.07) is 7.37. The summed E-state index contributed by atoms with van der Waals surface area (Å²) >= 11 is 6.02. The van der Waals surface area contributed by atoms with Gasteiger partial charge in [0.25, 0.3) is 0 Å². The van der Waals surface area contributed by atoms with Crippen LogP contribution in [-0.4, -0.2) is 27.7 Å². The highest BCUT2D eigenvalue weighted by atomic mass is 35.5. The number of carbonyl (C=O) groups is 1. The quantitative estimate of drug-likeness (QED) is 0.605. The SMILES string of the molecule is CCCCOc1ccc(-c2nc(Cl)c(C(=O)O)c(CC)n2)cc1. The van der Waals surface area contributed by atoms with Gasteiger partial charge in [-0.1, -0.05) is 31.9 Å². The molecule has 1 heterocycles. The fraction of sp³-hybridized carbons (Fsp3) is 0.353. The van der Waals surface area contributed by atoms with Gasteiger partial charge in [-0.25, -0.2) is 14.8 Å². The van der Waals surface area contributed by atoms with E-state index in [-0.39, 0.29) is 10.7 Å². The zero-order chi connectivity index (χ0) is 16.8. The second-order valence-electron chi connectivity index (χ2n) is 5.04. The molecule has 23 heavy (non-hydrogen) atoms. The molecule has 0 unspecified atom stereocenters. The van der Waals surface area contributed by atoms with Crippen LogP contribution in [0.1, 0.15) is 42.7 Å². The maximum Gasteiger partial charge on any atom is 0.340 e. The predicted molar refractivity (Wildman–Crippen MR) is 89.2 cm³/mol. The number of unbranched alkanes of at least 4 members (excludes halogenated alkanes) is 1. The molecule has 1 N–H and O–H groups in total. The van der Waals surface area contributed by atoms with E-state index >= 15 is 0 Å². The molecule has 2 rings (SSSR count). The van der Waals surface area contributed by atoms with Crippen molar-refractivity contribution in [3.8, 4) is 17.1 Å². The van der Waals surface area contributed by atoms with Crippen LogP contribution in [0.15, 0.2) is 24.3 Å². The van der Waals surface area contributed by atoms with Crippen LogP contribution in [0.5, 0.6) is 5.75 Å². The maximum absolute atomic E-state index is 11.2. The van der Waals surface area contributed by atoms with Gasteiger partial charge in [0.2, 0.25) is 0 Å². The van der Waals surface area contributed by atoms with E-state index in [0.717, 1.165) is 24.2 Å². The minimum Gasteiger partial charge on any atom is -0.494 e. The Labute approximate surface area is 140 Å². The topological polar surface area (TPSA) is 72.3 Å². The Kier molecular flexibility index (Phi) is 5.93. The Bertz CT molecular complexity index is 687. The Morgan fingerprint density at radius 1 is 1.22 bits per heavy atom. The second kappa shape index (κ2) is 7.92. The number of carboxylic acids is 1. The highest BCUT2D eigenvalue weighted by Gasteiger charge is 2.18. The number of ether oxygens (including phenoxy) is 1. The van der Waals surface area contributed by atoms with Crippen molar-refractivity contribution in [1.82, 2.24) is 9.97 Å². The average molecular weight is 335 g/mol. The third kappa shape index (κ3) is 4.20. The number of halogens is 1. The zero-order valence-corrected chi connectivity index (χ0v) is 13.9. The Hall–Kier alpha value is -2.14. The number of aromatic carboxylic acids is 1. The molecule has 0 amide bonds. The molecule has 1 aromatic carbocycles. The van der Waals surface area contributed by atoms with Crippen molar-refractivity contribution >= 4 is 17.6 Å². The van der Waals surface area contributed by atoms with Gasteiger partial charge >= 0.3 is 5.97 Å². The Balaban J connectivity index is 2.28. The lowest BCUT2D eigenvalue weighted by molar-refractivity contribution is 0.0695. The van der Waals surface area contributed by atoms with Crippen molar-refractivity contribution in [2.24, 2.45) is 0 Å². The fourth-order valence-corrected chi connectivity index (χ4v) is 2.38. The molecule has 0 aliphatic rings. The Morgan fingerprint density at radius 3 is 2.48 bits per heavy atom. The van der Waals surface area contributed by atoms with Crippen molar-refractivity contribution in [2.75, 3.05) is 6.61 Å². The van der Waals surface area contributed by atoms with E-state index in [2.05, 4.69) is 16.9 Å². The number of aryl methyl sites for hydroxylation is 1. The average Bonchev–Trinajstić information content (AvgIpc) is 2.54. The van der Waals surface area contributed by atoms with E-state index in [1.165, 1.54) is 0 Å². The smallest absolute Gasteiger partial charge is 0.340 e. The molecule has 0 aliphatic heterocycles. The third-order valence-corrected chi connectivity index (χ3v) is 3.64. The molecule has 0 fully saturated rings. The van der Waals surface area contributed by atoms with Gasteiger partial charge in [0.1, 0.15) is 16.5 Å². The van der Waals surface area contributed by atoms with Gasteiger partial charge in [0.15, 0.2) is 5.82 Å². The molecule has 0 spiro atoms. The van der Waals surface area contributed by atoms with E-state index < -0.39 is 5.97 Å². The minimum atomic E-state index is -1.11. The maximum atomic E-state index is 11.2. The minimum absolute atomic E-state index is 0.0302. The van der Waals surface area contributed by atoms with Gasteiger partial charge in [-0.05, 0) is 37.1 Å². The second-order valence-corrected chi connectivity index (χ2v) is 5.40. The van der Waals surface area contributed by atoms with Crippen molar-refractivity contribution < 1.29 is 14.6 Å². The molecule has 0 saturated carbocycles. The monoisotopic (exact) mass is 334 g/mol. The van der Waals surface area contributed by atoms with Crippen LogP contribution in [-0.2, 0) is 6.42 Å². The summed E-state index contributed by atoms with van der Waals surface area (Å²) in [5.74, 6) is 0.0844. The largest absolute Gasteiger partial charge is 0.494 e. The summed E-state index contributed by atoms with van der Waals surface area (Å²) in [6.07, 6.45) is 2.56. The first-order valence-electron chi connectivity index (χ1n) is 7.59. The van der Waals surface area contributed by atoms with Crippen molar-refractivity contribution in [3.05, 3.63) is 40.7 Å². The summed E-state index contributed by atoms with van der Waals surface area (Å²) in [5.41, 5.74) is 1.16. The van der Waals surface area contributed by atoms with Crippen LogP contribution in [0.4, 0.5) is 0 Å². The molecule has 0 saturated heterocycles. The molecule has 6 heteroatoms. The number of hydrogen-bond acceptors (Lipinski definition) is 4. The number of benzene rings is 1. The molecule has 5 nitrogen and oxygen atoms in total. The van der Waals surface area contributed by atoms with Crippen LogP contribution in [0.25, 0.3) is 11.4 Å². The van der Waals surface area contributed by atoms with Crippen LogP contribution < -0.4 is 4.74 Å². The number of rotatable bonds is 7. The molecule has 2 aromatic rings. The summed E-state index contributed by atoms with van der Waals surface area (Å²) < 4.78 is 5.61. The first-order chi connectivity index (χ1) is 11.1. The molecule has 0 aliphatic carbocycles. The van der Waals surface area contributed by atoms with E-state index in [0.29, 0.717) is 24.5 Å². The van der Waals surface area contributed by atoms with Gasteiger partial charge in [-0.2, -0.15) is 0 Å². The number of nitrogens with zero attached hydrogens (tertiary/aromatic N) is 2. The Morgan fingerprint density at radius 2 is 1.91 bits per heavy atom. The first-order valence-corrected chi connectivity index (χ1v) is 7.97. The fourth-order valence-electron chi connectivity index (χ4n) is 2.11. The highest BCUT2D eigenvalue weighted by molar-refractivity contribution is 6.32. The van der Waals surface area contributed by atoms with Crippen LogP contribution in [0.2, 0.25) is 5.15 Å². The lowest BCUT2D eigenvalue weighted by Gasteiger charge is -2.09. The van der Waals surface area contributed by atoms with Gasteiger partial charge < -0.3 is 9.84 Å². The molecule has 1 aromatic heterocycles. The van der Waals surface area contributed by atoms with Crippen LogP contribution in [0, 0.1) is 0 Å². The zero-order valence-electron chi connectivity index (χ0n) is 13.2. The van der Waals surface area contributed by atoms with Gasteiger partial charge in [0.05, 0.1) is 12.3 Å². The van der Waals surface area contributed by atoms with Gasteiger partial charge in [-0.15, -0.1) is 0 Å². The molecule has 0 radical (unpaired) electrons. The number of hydrogen-bond donors (Lipinski definition) is 1. The van der Waals surface area contributed by atoms with Gasteiger partial charge in [-0.3, -0.25) is 0 Å². The lowest BCUT2D eigenvalue weighted by Crippen LogP contribution is -2.08. The standard InChI is InChI=1S/C17H19ClN2O3/c1-3-5-10-23-12-8-6-11(7-9-12)16-19-13(4-2)14(17(21)22)15(18)20-16/h6-9H,3-5,10H2,1-2H3,(H,21,22). The predicted octanol–water partition coefficient (Wildman–Crippen LogP) is 4.24. The van der Waals surface area contributed by atoms with E-state index in [1.807, 2.05) is 31.2 Å². The molecule has 0 bridgehead atoms. The molecular formula is C17H19ClN2O3. The lowest BCUT2D eigenvalue weighted by atomic mass is 10.1. The van der Waals surface area contributed by atoms with Crippen molar-refractivity contribution in [2.45, 2.75) is 33.1 Å². The van der Waals surface area contributed by atoms with Crippen LogP contribution in [0.3, 0.4) is 0 Å². The normalized spacial score (nSPS) is 10.6. The molecule has 0 atom stereocenters. The number of carboxylic acid groups (broad SMARTS) is 1. The summed E-state index contributed by atoms with van der Waals surface area (Å²) in [5, 5.41) is 9.16.